The molecule has 0 saturated heterocycles. The molecule has 1 N–H and O–H groups in total. The molecule has 1 saturated carbocycles. The third kappa shape index (κ3) is 7.90. The topological polar surface area (TPSA) is 49.4 Å². The quantitative estimate of drug-likeness (QED) is 0.314. The predicted molar refractivity (Wildman–Crippen MR) is 148 cm³/mol. The van der Waals surface area contributed by atoms with Crippen LogP contribution in [-0.2, 0) is 28.3 Å². The molecule has 200 valence electrons. The van der Waals surface area contributed by atoms with Gasteiger partial charge in [0, 0.05) is 30.3 Å². The highest BCUT2D eigenvalue weighted by molar-refractivity contribution is 7.99. The number of rotatable bonds is 11. The summed E-state index contributed by atoms with van der Waals surface area (Å²) < 4.78 is 28.8. The standard InChI is InChI=1S/C31H34F2N2O2S/c32-27-17-9-7-13-24(27)20-35(30(36)22-38-21-25-14-8-10-18-28(25)33)29(19-23-11-3-1-4-12-23)31(37)34-26-15-5-2-6-16-26/h1,3-4,7-14,17-18,26,29H,2,5-6,15-16,19-22H2,(H,34,37)/t29-/m1/s1. The minimum Gasteiger partial charge on any atom is -0.352 e. The van der Waals surface area contributed by atoms with E-state index in [2.05, 4.69) is 5.32 Å². The summed E-state index contributed by atoms with van der Waals surface area (Å²) in [5, 5.41) is 3.18. The lowest BCUT2D eigenvalue weighted by molar-refractivity contribution is -0.139. The van der Waals surface area contributed by atoms with Crippen LogP contribution >= 0.6 is 11.8 Å². The van der Waals surface area contributed by atoms with Gasteiger partial charge in [0.05, 0.1) is 5.75 Å². The first kappa shape index (κ1) is 27.8. The molecular formula is C31H34F2N2O2S. The van der Waals surface area contributed by atoms with Gasteiger partial charge in [0.2, 0.25) is 11.8 Å². The van der Waals surface area contributed by atoms with Crippen molar-refractivity contribution in [2.24, 2.45) is 0 Å². The predicted octanol–water partition coefficient (Wildman–Crippen LogP) is 6.29. The van der Waals surface area contributed by atoms with E-state index in [-0.39, 0.29) is 36.0 Å². The molecule has 1 fully saturated rings. The number of hydrogen-bond acceptors (Lipinski definition) is 3. The maximum Gasteiger partial charge on any atom is 0.243 e. The normalized spacial score (nSPS) is 14.6. The van der Waals surface area contributed by atoms with Gasteiger partial charge in [0.25, 0.3) is 0 Å². The molecule has 3 aromatic carbocycles. The molecule has 1 aliphatic carbocycles. The molecule has 0 aliphatic heterocycles. The van der Waals surface area contributed by atoms with E-state index in [1.165, 1.54) is 28.8 Å². The molecule has 4 rings (SSSR count). The van der Waals surface area contributed by atoms with Gasteiger partial charge in [-0.2, -0.15) is 0 Å². The fourth-order valence-corrected chi connectivity index (χ4v) is 5.75. The summed E-state index contributed by atoms with van der Waals surface area (Å²) in [6, 6.07) is 21.7. The Morgan fingerprint density at radius 1 is 0.842 bits per heavy atom. The van der Waals surface area contributed by atoms with Crippen LogP contribution in [0.4, 0.5) is 8.78 Å². The molecule has 0 spiro atoms. The highest BCUT2D eigenvalue weighted by Crippen LogP contribution is 2.22. The van der Waals surface area contributed by atoms with Crippen LogP contribution in [0.25, 0.3) is 0 Å². The van der Waals surface area contributed by atoms with E-state index in [0.717, 1.165) is 37.7 Å². The summed E-state index contributed by atoms with van der Waals surface area (Å²) in [7, 11) is 0. The molecule has 0 bridgehead atoms. The number of benzene rings is 3. The molecule has 1 aliphatic rings. The second-order valence-electron chi connectivity index (χ2n) is 9.75. The van der Waals surface area contributed by atoms with E-state index in [1.807, 2.05) is 30.3 Å². The third-order valence-corrected chi connectivity index (χ3v) is 7.93. The third-order valence-electron chi connectivity index (χ3n) is 6.96. The largest absolute Gasteiger partial charge is 0.352 e. The lowest BCUT2D eigenvalue weighted by Gasteiger charge is -2.33. The van der Waals surface area contributed by atoms with Crippen molar-refractivity contribution in [1.82, 2.24) is 10.2 Å². The zero-order valence-corrected chi connectivity index (χ0v) is 22.3. The molecule has 0 radical (unpaired) electrons. The van der Waals surface area contributed by atoms with Crippen LogP contribution in [0.2, 0.25) is 0 Å². The van der Waals surface area contributed by atoms with Crippen LogP contribution in [0.3, 0.4) is 0 Å². The fraction of sp³-hybridized carbons (Fsp3) is 0.355. The number of nitrogens with zero attached hydrogens (tertiary/aromatic N) is 1. The molecule has 1 atom stereocenters. The van der Waals surface area contributed by atoms with Gasteiger partial charge >= 0.3 is 0 Å². The van der Waals surface area contributed by atoms with Crippen LogP contribution in [0.1, 0.15) is 48.8 Å². The second kappa shape index (κ2) is 14.1. The summed E-state index contributed by atoms with van der Waals surface area (Å²) in [5.74, 6) is -0.868. The van der Waals surface area contributed by atoms with Crippen LogP contribution in [0.5, 0.6) is 0 Å². The molecular weight excluding hydrogens is 502 g/mol. The zero-order chi connectivity index (χ0) is 26.7. The first-order chi connectivity index (χ1) is 18.5. The monoisotopic (exact) mass is 536 g/mol. The van der Waals surface area contributed by atoms with E-state index in [1.54, 1.807) is 36.4 Å². The van der Waals surface area contributed by atoms with Crippen molar-refractivity contribution in [3.05, 3.63) is 107 Å². The fourth-order valence-electron chi connectivity index (χ4n) is 4.86. The van der Waals surface area contributed by atoms with Gasteiger partial charge in [-0.25, -0.2) is 8.78 Å². The van der Waals surface area contributed by atoms with E-state index in [9.17, 15) is 18.4 Å². The van der Waals surface area contributed by atoms with Crippen LogP contribution < -0.4 is 5.32 Å². The molecule has 3 aromatic rings. The van der Waals surface area contributed by atoms with E-state index >= 15 is 0 Å². The Bertz CT molecular complexity index is 1200. The van der Waals surface area contributed by atoms with Crippen molar-refractivity contribution in [3.8, 4) is 0 Å². The maximum atomic E-state index is 14.7. The minimum absolute atomic E-state index is 0.0264. The van der Waals surface area contributed by atoms with Crippen molar-refractivity contribution < 1.29 is 18.4 Å². The van der Waals surface area contributed by atoms with Crippen LogP contribution in [0, 0.1) is 11.6 Å². The van der Waals surface area contributed by atoms with Crippen molar-refractivity contribution in [2.45, 2.75) is 62.9 Å². The van der Waals surface area contributed by atoms with E-state index < -0.39 is 11.9 Å². The van der Waals surface area contributed by atoms with Crippen molar-refractivity contribution in [3.63, 3.8) is 0 Å². The lowest BCUT2D eigenvalue weighted by Crippen LogP contribution is -2.53. The van der Waals surface area contributed by atoms with Crippen molar-refractivity contribution in [1.29, 1.82) is 0 Å². The molecule has 4 nitrogen and oxygen atoms in total. The number of nitrogens with one attached hydrogen (secondary N) is 1. The molecule has 38 heavy (non-hydrogen) atoms. The number of halogens is 2. The SMILES string of the molecule is O=C(NC1CCCCC1)[C@@H](Cc1ccccc1)N(Cc1ccccc1F)C(=O)CSCc1ccccc1F. The summed E-state index contributed by atoms with van der Waals surface area (Å²) in [4.78, 5) is 28.9. The Hall–Kier alpha value is -3.19. The summed E-state index contributed by atoms with van der Waals surface area (Å²) in [5.41, 5.74) is 1.78. The smallest absolute Gasteiger partial charge is 0.243 e. The Labute approximate surface area is 227 Å². The molecule has 0 unspecified atom stereocenters. The number of amides is 2. The van der Waals surface area contributed by atoms with Crippen molar-refractivity contribution in [2.75, 3.05) is 5.75 Å². The van der Waals surface area contributed by atoms with Gasteiger partial charge in [0.1, 0.15) is 17.7 Å². The number of carbonyl (C=O) groups is 2. The molecule has 2 amide bonds. The zero-order valence-electron chi connectivity index (χ0n) is 21.5. The second-order valence-corrected chi connectivity index (χ2v) is 10.7. The van der Waals surface area contributed by atoms with E-state index in [4.69, 9.17) is 0 Å². The lowest BCUT2D eigenvalue weighted by atomic mass is 9.94. The van der Waals surface area contributed by atoms with Crippen LogP contribution in [0.15, 0.2) is 78.9 Å². The Morgan fingerprint density at radius 2 is 1.45 bits per heavy atom. The summed E-state index contributed by atoms with van der Waals surface area (Å²) in [6.07, 6.45) is 5.46. The highest BCUT2D eigenvalue weighted by Gasteiger charge is 2.32. The van der Waals surface area contributed by atoms with Gasteiger partial charge in [0.15, 0.2) is 0 Å². The molecule has 0 aromatic heterocycles. The van der Waals surface area contributed by atoms with Gasteiger partial charge in [-0.3, -0.25) is 9.59 Å². The highest BCUT2D eigenvalue weighted by atomic mass is 32.2. The maximum absolute atomic E-state index is 14.7. The van der Waals surface area contributed by atoms with Gasteiger partial charge < -0.3 is 10.2 Å². The van der Waals surface area contributed by atoms with Gasteiger partial charge in [-0.1, -0.05) is 86.0 Å². The van der Waals surface area contributed by atoms with Crippen LogP contribution in [-0.4, -0.2) is 34.6 Å². The Morgan fingerprint density at radius 3 is 2.11 bits per heavy atom. The molecule has 7 heteroatoms. The Kier molecular flexibility index (Phi) is 10.3. The average Bonchev–Trinajstić information content (AvgIpc) is 2.93. The number of hydrogen-bond donors (Lipinski definition) is 1. The average molecular weight is 537 g/mol. The van der Waals surface area contributed by atoms with E-state index in [0.29, 0.717) is 23.3 Å². The Balaban J connectivity index is 1.58. The first-order valence-corrected chi connectivity index (χ1v) is 14.3. The first-order valence-electron chi connectivity index (χ1n) is 13.2. The minimum atomic E-state index is -0.805. The van der Waals surface area contributed by atoms with Gasteiger partial charge in [-0.05, 0) is 36.1 Å². The summed E-state index contributed by atoms with van der Waals surface area (Å²) in [6.45, 7) is -0.0264. The number of carbonyl (C=O) groups excluding carboxylic acids is 2. The molecule has 0 heterocycles. The summed E-state index contributed by atoms with van der Waals surface area (Å²) >= 11 is 1.29. The van der Waals surface area contributed by atoms with Crippen molar-refractivity contribution >= 4 is 23.6 Å². The van der Waals surface area contributed by atoms with Gasteiger partial charge in [-0.15, -0.1) is 11.8 Å². The number of thioether (sulfide) groups is 1.